The molecule has 1 aliphatic heterocycles. The Bertz CT molecular complexity index is 781. The molecule has 0 bridgehead atoms. The first-order valence-corrected chi connectivity index (χ1v) is 11.2. The minimum Gasteiger partial charge on any atom is -0.454 e. The second-order valence-corrected chi connectivity index (χ2v) is 9.26. The summed E-state index contributed by atoms with van der Waals surface area (Å²) < 4.78 is 5.24. The van der Waals surface area contributed by atoms with E-state index in [4.69, 9.17) is 4.74 Å². The van der Waals surface area contributed by atoms with Crippen LogP contribution in [0.5, 0.6) is 0 Å². The largest absolute Gasteiger partial charge is 0.454 e. The molecule has 168 valence electrons. The number of fused-ring (bicyclic) bond motifs is 1. The Hall–Kier alpha value is -2.69. The maximum atomic E-state index is 12.9. The number of amides is 3. The van der Waals surface area contributed by atoms with Crippen LogP contribution >= 0.6 is 0 Å². The summed E-state index contributed by atoms with van der Waals surface area (Å²) in [7, 11) is 0. The van der Waals surface area contributed by atoms with E-state index in [1.807, 2.05) is 26.0 Å². The maximum absolute atomic E-state index is 12.9. The Kier molecular flexibility index (Phi) is 7.14. The van der Waals surface area contributed by atoms with Gasteiger partial charge in [0.15, 0.2) is 6.61 Å². The fourth-order valence-electron chi connectivity index (χ4n) is 4.84. The van der Waals surface area contributed by atoms with Crippen molar-refractivity contribution in [1.29, 1.82) is 5.26 Å². The van der Waals surface area contributed by atoms with Gasteiger partial charge in [-0.05, 0) is 38.0 Å². The predicted molar refractivity (Wildman–Crippen MR) is 111 cm³/mol. The summed E-state index contributed by atoms with van der Waals surface area (Å²) in [5.41, 5.74) is -0.914. The van der Waals surface area contributed by atoms with E-state index in [1.165, 1.54) is 0 Å². The Morgan fingerprint density at radius 2 is 1.74 bits per heavy atom. The molecule has 31 heavy (non-hydrogen) atoms. The molecular weight excluding hydrogens is 398 g/mol. The lowest BCUT2D eigenvalue weighted by molar-refractivity contribution is -0.161. The predicted octanol–water partition coefficient (Wildman–Crippen LogP) is 2.24. The van der Waals surface area contributed by atoms with Gasteiger partial charge in [0.05, 0.1) is 17.9 Å². The molecule has 3 rings (SSSR count). The SMILES string of the molecule is CC(C)CC(C(=O)OCC(=O)NC1(C#N)CCCCC1)N1C(=O)C2CC=CCC2C1=O. The van der Waals surface area contributed by atoms with E-state index in [-0.39, 0.29) is 24.2 Å². The van der Waals surface area contributed by atoms with Gasteiger partial charge < -0.3 is 10.1 Å². The lowest BCUT2D eigenvalue weighted by Gasteiger charge is -2.31. The number of nitrogens with zero attached hydrogens (tertiary/aromatic N) is 2. The van der Waals surface area contributed by atoms with E-state index < -0.39 is 41.9 Å². The summed E-state index contributed by atoms with van der Waals surface area (Å²) in [6.07, 6.45) is 8.95. The molecule has 0 aromatic rings. The van der Waals surface area contributed by atoms with Crippen molar-refractivity contribution in [1.82, 2.24) is 10.2 Å². The number of ether oxygens (including phenoxy) is 1. The number of likely N-dealkylation sites (tertiary alicyclic amines) is 1. The first kappa shape index (κ1) is 23.0. The lowest BCUT2D eigenvalue weighted by Crippen LogP contribution is -2.51. The van der Waals surface area contributed by atoms with Crippen LogP contribution in [0.25, 0.3) is 0 Å². The fraction of sp³-hybridized carbons (Fsp3) is 0.696. The molecule has 3 atom stereocenters. The van der Waals surface area contributed by atoms with E-state index in [9.17, 15) is 24.4 Å². The summed E-state index contributed by atoms with van der Waals surface area (Å²) in [5, 5.41) is 12.2. The molecule has 3 unspecified atom stereocenters. The summed E-state index contributed by atoms with van der Waals surface area (Å²) in [5.74, 6) is -2.79. The van der Waals surface area contributed by atoms with Crippen molar-refractivity contribution in [3.05, 3.63) is 12.2 Å². The molecule has 1 heterocycles. The van der Waals surface area contributed by atoms with Crippen LogP contribution in [0.3, 0.4) is 0 Å². The average Bonchev–Trinajstić information content (AvgIpc) is 3.01. The van der Waals surface area contributed by atoms with E-state index in [0.29, 0.717) is 25.7 Å². The molecule has 0 radical (unpaired) electrons. The van der Waals surface area contributed by atoms with Gasteiger partial charge in [0.1, 0.15) is 11.6 Å². The molecule has 1 saturated carbocycles. The van der Waals surface area contributed by atoms with Gasteiger partial charge in [0, 0.05) is 0 Å². The van der Waals surface area contributed by atoms with Gasteiger partial charge in [-0.25, -0.2) is 4.79 Å². The summed E-state index contributed by atoms with van der Waals surface area (Å²) in [4.78, 5) is 52.1. The third-order valence-electron chi connectivity index (χ3n) is 6.47. The summed E-state index contributed by atoms with van der Waals surface area (Å²) in [6.45, 7) is 3.25. The van der Waals surface area contributed by atoms with Crippen molar-refractivity contribution in [2.75, 3.05) is 6.61 Å². The first-order valence-electron chi connectivity index (χ1n) is 11.2. The molecule has 8 heteroatoms. The number of allylic oxidation sites excluding steroid dienone is 2. The maximum Gasteiger partial charge on any atom is 0.329 e. The van der Waals surface area contributed by atoms with Gasteiger partial charge in [-0.15, -0.1) is 0 Å². The highest BCUT2D eigenvalue weighted by Gasteiger charge is 2.51. The number of carbonyl (C=O) groups is 4. The van der Waals surface area contributed by atoms with E-state index in [1.54, 1.807) is 0 Å². The van der Waals surface area contributed by atoms with Crippen molar-refractivity contribution in [3.63, 3.8) is 0 Å². The number of nitriles is 1. The van der Waals surface area contributed by atoms with Crippen LogP contribution < -0.4 is 5.32 Å². The topological polar surface area (TPSA) is 117 Å². The minimum atomic E-state index is -1.04. The van der Waals surface area contributed by atoms with Gasteiger partial charge in [-0.2, -0.15) is 5.26 Å². The van der Waals surface area contributed by atoms with Crippen molar-refractivity contribution in [3.8, 4) is 6.07 Å². The van der Waals surface area contributed by atoms with Gasteiger partial charge in [-0.3, -0.25) is 19.3 Å². The lowest BCUT2D eigenvalue weighted by atomic mass is 9.83. The Labute approximate surface area is 183 Å². The van der Waals surface area contributed by atoms with E-state index >= 15 is 0 Å². The second kappa shape index (κ2) is 9.63. The molecule has 1 N–H and O–H groups in total. The molecule has 3 amide bonds. The number of hydrogen-bond acceptors (Lipinski definition) is 6. The average molecular weight is 430 g/mol. The van der Waals surface area contributed by atoms with Crippen molar-refractivity contribution < 1.29 is 23.9 Å². The Morgan fingerprint density at radius 3 is 2.26 bits per heavy atom. The van der Waals surface area contributed by atoms with Crippen LogP contribution in [0.4, 0.5) is 0 Å². The van der Waals surface area contributed by atoms with Gasteiger partial charge >= 0.3 is 5.97 Å². The molecule has 0 spiro atoms. The third-order valence-corrected chi connectivity index (χ3v) is 6.47. The normalized spacial score (nSPS) is 25.7. The Morgan fingerprint density at radius 1 is 1.16 bits per heavy atom. The van der Waals surface area contributed by atoms with Crippen LogP contribution in [0, 0.1) is 29.1 Å². The van der Waals surface area contributed by atoms with Crippen molar-refractivity contribution in [2.24, 2.45) is 17.8 Å². The Balaban J connectivity index is 1.65. The smallest absolute Gasteiger partial charge is 0.329 e. The van der Waals surface area contributed by atoms with Crippen LogP contribution in [-0.2, 0) is 23.9 Å². The summed E-state index contributed by atoms with van der Waals surface area (Å²) >= 11 is 0. The standard InChI is InChI=1S/C23H31N3O5/c1-15(2)12-18(26-20(28)16-8-4-5-9-17(16)21(26)29)22(30)31-13-19(27)25-23(14-24)10-6-3-7-11-23/h4-5,15-18H,3,6-13H2,1-2H3,(H,25,27). The highest BCUT2D eigenvalue weighted by molar-refractivity contribution is 6.08. The number of esters is 1. The molecule has 3 aliphatic rings. The minimum absolute atomic E-state index is 0.0387. The molecule has 2 aliphatic carbocycles. The van der Waals surface area contributed by atoms with Gasteiger partial charge in [0.25, 0.3) is 5.91 Å². The number of carbonyl (C=O) groups excluding carboxylic acids is 4. The molecule has 0 aromatic carbocycles. The third kappa shape index (κ3) is 4.97. The zero-order chi connectivity index (χ0) is 22.6. The fourth-order valence-corrected chi connectivity index (χ4v) is 4.84. The monoisotopic (exact) mass is 429 g/mol. The number of rotatable bonds is 7. The molecule has 0 aromatic heterocycles. The van der Waals surface area contributed by atoms with E-state index in [2.05, 4.69) is 11.4 Å². The van der Waals surface area contributed by atoms with E-state index in [0.717, 1.165) is 24.2 Å². The second-order valence-electron chi connectivity index (χ2n) is 9.26. The zero-order valence-electron chi connectivity index (χ0n) is 18.3. The van der Waals surface area contributed by atoms with Gasteiger partial charge in [0.2, 0.25) is 11.8 Å². The van der Waals surface area contributed by atoms with Crippen LogP contribution in [0.15, 0.2) is 12.2 Å². The highest BCUT2D eigenvalue weighted by Crippen LogP contribution is 2.37. The number of imide groups is 1. The van der Waals surface area contributed by atoms with Crippen LogP contribution in [-0.4, -0.2) is 46.8 Å². The molecular formula is C23H31N3O5. The number of nitrogens with one attached hydrogen (secondary N) is 1. The quantitative estimate of drug-likeness (QED) is 0.377. The number of hydrogen-bond donors (Lipinski definition) is 1. The van der Waals surface area contributed by atoms with Gasteiger partial charge in [-0.1, -0.05) is 45.3 Å². The summed E-state index contributed by atoms with van der Waals surface area (Å²) in [6, 6.07) is 1.15. The first-order chi connectivity index (χ1) is 14.8. The van der Waals surface area contributed by atoms with Crippen LogP contribution in [0.2, 0.25) is 0 Å². The molecule has 8 nitrogen and oxygen atoms in total. The molecule has 1 saturated heterocycles. The molecule has 2 fully saturated rings. The zero-order valence-corrected chi connectivity index (χ0v) is 18.3. The highest BCUT2D eigenvalue weighted by atomic mass is 16.5. The van der Waals surface area contributed by atoms with Crippen molar-refractivity contribution in [2.45, 2.75) is 76.8 Å². The van der Waals surface area contributed by atoms with Crippen molar-refractivity contribution >= 4 is 23.7 Å². The van der Waals surface area contributed by atoms with Crippen LogP contribution in [0.1, 0.15) is 65.2 Å².